The summed E-state index contributed by atoms with van der Waals surface area (Å²) in [4.78, 5) is 5.86. The minimum atomic E-state index is -0.268. The standard InChI is InChI=1S/C24H26FN3O2S/c1-29-20-12-13-23(30-2)21(14-20)22-16-31-24(27-19-6-4-3-5-7-19)28(22)26-15-17-8-10-18(25)11-9-17/h8-16,19H,3-7H2,1-2H3. The van der Waals surface area contributed by atoms with E-state index in [9.17, 15) is 4.39 Å². The molecule has 0 bridgehead atoms. The van der Waals surface area contributed by atoms with Crippen LogP contribution in [0.5, 0.6) is 11.5 Å². The van der Waals surface area contributed by atoms with E-state index in [2.05, 4.69) is 0 Å². The van der Waals surface area contributed by atoms with Crippen LogP contribution >= 0.6 is 11.3 Å². The van der Waals surface area contributed by atoms with E-state index in [1.807, 2.05) is 28.3 Å². The Balaban J connectivity index is 1.82. The van der Waals surface area contributed by atoms with Crippen LogP contribution in [-0.4, -0.2) is 31.2 Å². The van der Waals surface area contributed by atoms with Gasteiger partial charge in [0.25, 0.3) is 0 Å². The quantitative estimate of drug-likeness (QED) is 0.477. The summed E-state index contributed by atoms with van der Waals surface area (Å²) in [6.45, 7) is 0. The van der Waals surface area contributed by atoms with Crippen LogP contribution in [-0.2, 0) is 0 Å². The topological polar surface area (TPSA) is 48.1 Å². The van der Waals surface area contributed by atoms with E-state index in [1.165, 1.54) is 31.4 Å². The predicted octanol–water partition coefficient (Wildman–Crippen LogP) is 5.49. The second-order valence-electron chi connectivity index (χ2n) is 7.50. The fraction of sp³-hybridized carbons (Fsp3) is 0.333. The highest BCUT2D eigenvalue weighted by atomic mass is 32.1. The number of benzene rings is 2. The Hall–Kier alpha value is -2.93. The minimum absolute atomic E-state index is 0.268. The molecule has 1 heterocycles. The molecule has 1 fully saturated rings. The molecule has 4 rings (SSSR count). The molecule has 0 unspecified atom stereocenters. The van der Waals surface area contributed by atoms with E-state index >= 15 is 0 Å². The van der Waals surface area contributed by atoms with E-state index in [0.717, 1.165) is 46.0 Å². The summed E-state index contributed by atoms with van der Waals surface area (Å²) < 4.78 is 26.2. The summed E-state index contributed by atoms with van der Waals surface area (Å²) in [7, 11) is 3.29. The molecule has 0 radical (unpaired) electrons. The molecule has 0 spiro atoms. The maximum absolute atomic E-state index is 13.3. The van der Waals surface area contributed by atoms with E-state index in [-0.39, 0.29) is 5.82 Å². The van der Waals surface area contributed by atoms with Gasteiger partial charge in [0.05, 0.1) is 32.2 Å². The first-order chi connectivity index (χ1) is 15.2. The highest BCUT2D eigenvalue weighted by Crippen LogP contribution is 2.34. The first-order valence-electron chi connectivity index (χ1n) is 10.4. The van der Waals surface area contributed by atoms with Crippen LogP contribution in [0.15, 0.2) is 57.9 Å². The molecule has 1 aromatic heterocycles. The van der Waals surface area contributed by atoms with Gasteiger partial charge >= 0.3 is 0 Å². The van der Waals surface area contributed by atoms with Crippen molar-refractivity contribution in [3.05, 3.63) is 64.0 Å². The molecule has 1 saturated carbocycles. The van der Waals surface area contributed by atoms with Crippen LogP contribution in [0.4, 0.5) is 4.39 Å². The van der Waals surface area contributed by atoms with Gasteiger partial charge in [0.2, 0.25) is 4.80 Å². The molecule has 0 aliphatic heterocycles. The molecule has 2 aromatic carbocycles. The third kappa shape index (κ3) is 5.05. The number of halogens is 1. The molecular weight excluding hydrogens is 413 g/mol. The second-order valence-corrected chi connectivity index (χ2v) is 8.34. The number of thiazole rings is 1. The molecular formula is C24H26FN3O2S. The number of hydrogen-bond donors (Lipinski definition) is 0. The summed E-state index contributed by atoms with van der Waals surface area (Å²) in [6, 6.07) is 12.3. The smallest absolute Gasteiger partial charge is 0.206 e. The van der Waals surface area contributed by atoms with E-state index < -0.39 is 0 Å². The number of hydrogen-bond acceptors (Lipinski definition) is 5. The van der Waals surface area contributed by atoms with E-state index in [0.29, 0.717) is 6.04 Å². The van der Waals surface area contributed by atoms with Gasteiger partial charge in [-0.05, 0) is 48.7 Å². The Kier molecular flexibility index (Phi) is 6.82. The van der Waals surface area contributed by atoms with Crippen LogP contribution in [0.3, 0.4) is 0 Å². The van der Waals surface area contributed by atoms with Gasteiger partial charge in [0, 0.05) is 10.9 Å². The van der Waals surface area contributed by atoms with Crippen LogP contribution in [0.2, 0.25) is 0 Å². The fourth-order valence-electron chi connectivity index (χ4n) is 3.74. The highest BCUT2D eigenvalue weighted by molar-refractivity contribution is 7.07. The van der Waals surface area contributed by atoms with Crippen molar-refractivity contribution in [1.82, 2.24) is 4.68 Å². The monoisotopic (exact) mass is 439 g/mol. The van der Waals surface area contributed by atoms with Crippen molar-refractivity contribution in [3.63, 3.8) is 0 Å². The summed E-state index contributed by atoms with van der Waals surface area (Å²) in [5, 5.41) is 6.77. The van der Waals surface area contributed by atoms with Gasteiger partial charge < -0.3 is 9.47 Å². The fourth-order valence-corrected chi connectivity index (χ4v) is 4.64. The lowest BCUT2D eigenvalue weighted by Gasteiger charge is -2.17. The Morgan fingerprint density at radius 1 is 1.03 bits per heavy atom. The van der Waals surface area contributed by atoms with Gasteiger partial charge in [-0.3, -0.25) is 4.99 Å². The summed E-state index contributed by atoms with van der Waals surface area (Å²) in [6.07, 6.45) is 7.66. The summed E-state index contributed by atoms with van der Waals surface area (Å²) in [5.74, 6) is 1.20. The lowest BCUT2D eigenvalue weighted by atomic mass is 9.96. The van der Waals surface area contributed by atoms with Gasteiger partial charge in [0.1, 0.15) is 17.3 Å². The minimum Gasteiger partial charge on any atom is -0.497 e. The highest BCUT2D eigenvalue weighted by Gasteiger charge is 2.16. The number of rotatable bonds is 6. The van der Waals surface area contributed by atoms with Gasteiger partial charge in [-0.15, -0.1) is 11.3 Å². The Labute approximate surface area is 185 Å². The molecule has 162 valence electrons. The molecule has 0 atom stereocenters. The lowest BCUT2D eigenvalue weighted by Crippen LogP contribution is -2.19. The van der Waals surface area contributed by atoms with Crippen molar-refractivity contribution < 1.29 is 13.9 Å². The van der Waals surface area contributed by atoms with Gasteiger partial charge in [-0.2, -0.15) is 5.10 Å². The second kappa shape index (κ2) is 9.92. The molecule has 0 amide bonds. The van der Waals surface area contributed by atoms with Gasteiger partial charge in [-0.1, -0.05) is 31.4 Å². The van der Waals surface area contributed by atoms with E-state index in [1.54, 1.807) is 43.9 Å². The number of nitrogens with zero attached hydrogens (tertiary/aromatic N) is 3. The Bertz CT molecular complexity index is 1110. The molecule has 0 saturated heterocycles. The third-order valence-electron chi connectivity index (χ3n) is 5.43. The number of aromatic nitrogens is 1. The van der Waals surface area contributed by atoms with Crippen molar-refractivity contribution in [2.45, 2.75) is 38.1 Å². The van der Waals surface area contributed by atoms with E-state index in [4.69, 9.17) is 19.6 Å². The summed E-state index contributed by atoms with van der Waals surface area (Å²) >= 11 is 1.56. The maximum atomic E-state index is 13.3. The normalized spacial score (nSPS) is 15.5. The van der Waals surface area contributed by atoms with Gasteiger partial charge in [-0.25, -0.2) is 9.07 Å². The first-order valence-corrected chi connectivity index (χ1v) is 11.3. The van der Waals surface area contributed by atoms with Crippen molar-refractivity contribution >= 4 is 17.6 Å². The van der Waals surface area contributed by atoms with Crippen molar-refractivity contribution in [1.29, 1.82) is 0 Å². The zero-order valence-corrected chi connectivity index (χ0v) is 18.6. The summed E-state index contributed by atoms with van der Waals surface area (Å²) in [5.41, 5.74) is 2.56. The van der Waals surface area contributed by atoms with Crippen LogP contribution < -0.4 is 14.3 Å². The Morgan fingerprint density at radius 2 is 1.81 bits per heavy atom. The van der Waals surface area contributed by atoms with Gasteiger partial charge in [0.15, 0.2) is 0 Å². The average molecular weight is 440 g/mol. The number of methoxy groups -OCH3 is 2. The predicted molar refractivity (Wildman–Crippen MR) is 123 cm³/mol. The molecule has 5 nitrogen and oxygen atoms in total. The van der Waals surface area contributed by atoms with Crippen molar-refractivity contribution in [3.8, 4) is 22.8 Å². The van der Waals surface area contributed by atoms with Crippen LogP contribution in [0.25, 0.3) is 11.3 Å². The van der Waals surface area contributed by atoms with Crippen molar-refractivity contribution in [2.24, 2.45) is 10.1 Å². The largest absolute Gasteiger partial charge is 0.497 e. The lowest BCUT2D eigenvalue weighted by molar-refractivity contribution is 0.404. The Morgan fingerprint density at radius 3 is 2.52 bits per heavy atom. The van der Waals surface area contributed by atoms with Crippen molar-refractivity contribution in [2.75, 3.05) is 14.2 Å². The molecule has 1 aliphatic carbocycles. The number of ether oxygens (including phenoxy) is 2. The van der Waals surface area contributed by atoms with Crippen LogP contribution in [0, 0.1) is 5.82 Å². The first kappa shape index (κ1) is 21.3. The maximum Gasteiger partial charge on any atom is 0.206 e. The molecule has 1 aliphatic rings. The molecule has 3 aromatic rings. The van der Waals surface area contributed by atoms with Crippen LogP contribution in [0.1, 0.15) is 37.7 Å². The SMILES string of the molecule is COc1ccc(OC)c(-c2csc(=NC3CCCCC3)n2N=Cc2ccc(F)cc2)c1. The third-order valence-corrected chi connectivity index (χ3v) is 6.26. The zero-order valence-electron chi connectivity index (χ0n) is 17.8. The average Bonchev–Trinajstić information content (AvgIpc) is 3.21. The zero-order chi connectivity index (χ0) is 21.6. The molecule has 7 heteroatoms. The molecule has 31 heavy (non-hydrogen) atoms. The molecule has 0 N–H and O–H groups in total.